The van der Waals surface area contributed by atoms with Gasteiger partial charge in [-0.3, -0.25) is 4.79 Å². The average Bonchev–Trinajstić information content (AvgIpc) is 2.51. The second kappa shape index (κ2) is 7.06. The van der Waals surface area contributed by atoms with Gasteiger partial charge in [-0.25, -0.2) is 0 Å². The van der Waals surface area contributed by atoms with E-state index in [1.165, 1.54) is 24.3 Å². The molecule has 0 bridgehead atoms. The van der Waals surface area contributed by atoms with Crippen LogP contribution in [-0.4, -0.2) is 45.5 Å². The van der Waals surface area contributed by atoms with Crippen molar-refractivity contribution in [2.24, 2.45) is 0 Å². The topological polar surface area (TPSA) is 82.0 Å². The molecule has 6 heteroatoms. The SMILES string of the molecule is COc1cc(/C=C/C(=O)NC2CC(C)(C)N(O)C(C)(C)C2)ccc1O. The van der Waals surface area contributed by atoms with Crippen molar-refractivity contribution in [3.8, 4) is 11.5 Å². The number of nitrogens with one attached hydrogen (secondary N) is 1. The van der Waals surface area contributed by atoms with Gasteiger partial charge in [0, 0.05) is 23.2 Å². The summed E-state index contributed by atoms with van der Waals surface area (Å²) in [5.74, 6) is 0.237. The van der Waals surface area contributed by atoms with E-state index in [1.54, 1.807) is 18.2 Å². The van der Waals surface area contributed by atoms with Crippen LogP contribution >= 0.6 is 0 Å². The lowest BCUT2D eigenvalue weighted by Crippen LogP contribution is -2.62. The highest BCUT2D eigenvalue weighted by Crippen LogP contribution is 2.36. The Morgan fingerprint density at radius 2 is 1.88 bits per heavy atom. The first-order chi connectivity index (χ1) is 11.5. The normalized spacial score (nSPS) is 20.6. The minimum Gasteiger partial charge on any atom is -0.504 e. The van der Waals surface area contributed by atoms with E-state index >= 15 is 0 Å². The number of aromatic hydroxyl groups is 1. The number of nitrogens with zero attached hydrogens (tertiary/aromatic N) is 1. The molecule has 1 aliphatic rings. The lowest BCUT2D eigenvalue weighted by atomic mass is 9.79. The molecule has 3 N–H and O–H groups in total. The standard InChI is InChI=1S/C19H28N2O4/c1-18(2)11-14(12-19(3,4)21(18)24)20-17(23)9-7-13-6-8-15(22)16(10-13)25-5/h6-10,14,22,24H,11-12H2,1-5H3,(H,20,23)/b9-7+. The summed E-state index contributed by atoms with van der Waals surface area (Å²) in [6.07, 6.45) is 4.48. The second-order valence-corrected chi connectivity index (χ2v) is 7.82. The number of phenolic OH excluding ortho intramolecular Hbond substituents is 1. The number of hydroxylamine groups is 2. The van der Waals surface area contributed by atoms with Crippen LogP contribution in [0.5, 0.6) is 11.5 Å². The zero-order valence-electron chi connectivity index (χ0n) is 15.5. The molecule has 1 amide bonds. The van der Waals surface area contributed by atoms with Crippen LogP contribution in [-0.2, 0) is 4.79 Å². The first-order valence-corrected chi connectivity index (χ1v) is 8.40. The molecule has 1 aromatic rings. The molecule has 0 atom stereocenters. The molecule has 0 aliphatic carbocycles. The molecular formula is C19H28N2O4. The Morgan fingerprint density at radius 1 is 1.28 bits per heavy atom. The Hall–Kier alpha value is -2.05. The van der Waals surface area contributed by atoms with Crippen molar-refractivity contribution in [3.05, 3.63) is 29.8 Å². The lowest BCUT2D eigenvalue weighted by molar-refractivity contribution is -0.245. The molecule has 6 nitrogen and oxygen atoms in total. The molecule has 1 aromatic carbocycles. The van der Waals surface area contributed by atoms with Crippen LogP contribution in [0.2, 0.25) is 0 Å². The molecule has 0 spiro atoms. The number of methoxy groups -OCH3 is 1. The van der Waals surface area contributed by atoms with E-state index in [0.717, 1.165) is 5.56 Å². The summed E-state index contributed by atoms with van der Waals surface area (Å²) in [7, 11) is 1.48. The van der Waals surface area contributed by atoms with Crippen LogP contribution in [0.15, 0.2) is 24.3 Å². The van der Waals surface area contributed by atoms with Gasteiger partial charge in [-0.2, -0.15) is 5.06 Å². The van der Waals surface area contributed by atoms with Crippen LogP contribution in [0.3, 0.4) is 0 Å². The molecule has 138 valence electrons. The van der Waals surface area contributed by atoms with Crippen LogP contribution in [0.1, 0.15) is 46.1 Å². The van der Waals surface area contributed by atoms with Crippen LogP contribution in [0.4, 0.5) is 0 Å². The summed E-state index contributed by atoms with van der Waals surface area (Å²) < 4.78 is 5.06. The Bertz CT molecular complexity index is 649. The van der Waals surface area contributed by atoms with Gasteiger partial charge in [0.15, 0.2) is 11.5 Å². The maximum absolute atomic E-state index is 12.3. The molecule has 1 fully saturated rings. The van der Waals surface area contributed by atoms with E-state index in [1.807, 2.05) is 27.7 Å². The molecule has 0 saturated carbocycles. The van der Waals surface area contributed by atoms with Gasteiger partial charge in [-0.05, 0) is 64.3 Å². The fourth-order valence-electron chi connectivity index (χ4n) is 3.59. The monoisotopic (exact) mass is 348 g/mol. The summed E-state index contributed by atoms with van der Waals surface area (Å²) in [6, 6.07) is 4.88. The number of hydrogen-bond donors (Lipinski definition) is 3. The fraction of sp³-hybridized carbons (Fsp3) is 0.526. The second-order valence-electron chi connectivity index (χ2n) is 7.82. The van der Waals surface area contributed by atoms with E-state index in [2.05, 4.69) is 5.32 Å². The van der Waals surface area contributed by atoms with Crippen molar-refractivity contribution in [1.29, 1.82) is 0 Å². The van der Waals surface area contributed by atoms with Crippen molar-refractivity contribution in [2.45, 2.75) is 57.7 Å². The highest BCUT2D eigenvalue weighted by Gasteiger charge is 2.45. The third kappa shape index (κ3) is 4.52. The van der Waals surface area contributed by atoms with E-state index in [4.69, 9.17) is 4.74 Å². The quantitative estimate of drug-likeness (QED) is 0.729. The lowest BCUT2D eigenvalue weighted by Gasteiger charge is -2.51. The number of carbonyl (C=O) groups excluding carboxylic acids is 1. The largest absolute Gasteiger partial charge is 0.504 e. The van der Waals surface area contributed by atoms with Crippen LogP contribution < -0.4 is 10.1 Å². The van der Waals surface area contributed by atoms with Gasteiger partial charge in [0.25, 0.3) is 0 Å². The number of piperidine rings is 1. The van der Waals surface area contributed by atoms with Crippen LogP contribution in [0.25, 0.3) is 6.08 Å². The molecular weight excluding hydrogens is 320 g/mol. The Labute approximate surface area is 149 Å². The predicted octanol–water partition coefficient (Wildman–Crippen LogP) is 2.94. The molecule has 0 radical (unpaired) electrons. The number of rotatable bonds is 4. The third-order valence-electron chi connectivity index (χ3n) is 4.62. The smallest absolute Gasteiger partial charge is 0.244 e. The van der Waals surface area contributed by atoms with Gasteiger partial charge >= 0.3 is 0 Å². The number of carbonyl (C=O) groups is 1. The van der Waals surface area contributed by atoms with E-state index < -0.39 is 11.1 Å². The molecule has 2 rings (SSSR count). The molecule has 1 saturated heterocycles. The fourth-order valence-corrected chi connectivity index (χ4v) is 3.59. The number of hydrogen-bond acceptors (Lipinski definition) is 5. The van der Waals surface area contributed by atoms with Gasteiger partial charge in [0.2, 0.25) is 5.91 Å². The Kier molecular flexibility index (Phi) is 5.44. The Balaban J connectivity index is 2.03. The average molecular weight is 348 g/mol. The molecule has 0 unspecified atom stereocenters. The van der Waals surface area contributed by atoms with Crippen LogP contribution in [0, 0.1) is 0 Å². The van der Waals surface area contributed by atoms with Gasteiger partial charge < -0.3 is 20.4 Å². The summed E-state index contributed by atoms with van der Waals surface area (Å²) in [5.41, 5.74) is -0.0581. The summed E-state index contributed by atoms with van der Waals surface area (Å²) >= 11 is 0. The summed E-state index contributed by atoms with van der Waals surface area (Å²) in [4.78, 5) is 12.3. The molecule has 1 heterocycles. The van der Waals surface area contributed by atoms with Gasteiger partial charge in [0.1, 0.15) is 0 Å². The van der Waals surface area contributed by atoms with E-state index in [-0.39, 0.29) is 17.7 Å². The molecule has 25 heavy (non-hydrogen) atoms. The summed E-state index contributed by atoms with van der Waals surface area (Å²) in [5, 5.41) is 24.3. The zero-order chi connectivity index (χ0) is 18.8. The predicted molar refractivity (Wildman–Crippen MR) is 96.6 cm³/mol. The van der Waals surface area contributed by atoms with Crippen molar-refractivity contribution in [2.75, 3.05) is 7.11 Å². The van der Waals surface area contributed by atoms with Gasteiger partial charge in [-0.1, -0.05) is 6.07 Å². The zero-order valence-corrected chi connectivity index (χ0v) is 15.5. The maximum atomic E-state index is 12.3. The van der Waals surface area contributed by atoms with Crippen molar-refractivity contribution < 1.29 is 19.8 Å². The first kappa shape index (κ1) is 19.3. The van der Waals surface area contributed by atoms with Gasteiger partial charge in [0.05, 0.1) is 7.11 Å². The minimum atomic E-state index is -0.409. The summed E-state index contributed by atoms with van der Waals surface area (Å²) in [6.45, 7) is 7.86. The number of benzene rings is 1. The first-order valence-electron chi connectivity index (χ1n) is 8.40. The van der Waals surface area contributed by atoms with Crippen molar-refractivity contribution in [1.82, 2.24) is 10.4 Å². The maximum Gasteiger partial charge on any atom is 0.244 e. The highest BCUT2D eigenvalue weighted by molar-refractivity contribution is 5.92. The minimum absolute atomic E-state index is 0.0140. The number of phenols is 1. The van der Waals surface area contributed by atoms with E-state index in [9.17, 15) is 15.1 Å². The van der Waals surface area contributed by atoms with Gasteiger partial charge in [-0.15, -0.1) is 0 Å². The number of ether oxygens (including phenoxy) is 1. The van der Waals surface area contributed by atoms with Crippen molar-refractivity contribution in [3.63, 3.8) is 0 Å². The van der Waals surface area contributed by atoms with E-state index in [0.29, 0.717) is 18.6 Å². The molecule has 1 aliphatic heterocycles. The Morgan fingerprint density at radius 3 is 2.44 bits per heavy atom. The van der Waals surface area contributed by atoms with Crippen molar-refractivity contribution >= 4 is 12.0 Å². The number of amides is 1. The molecule has 0 aromatic heterocycles. The highest BCUT2D eigenvalue weighted by atomic mass is 16.5. The third-order valence-corrected chi connectivity index (χ3v) is 4.62.